The van der Waals surface area contributed by atoms with Crippen molar-refractivity contribution in [2.75, 3.05) is 6.54 Å². The van der Waals surface area contributed by atoms with Crippen molar-refractivity contribution in [1.82, 2.24) is 26.6 Å². The molecule has 0 fully saturated rings. The first-order valence-corrected chi connectivity index (χ1v) is 14.0. The van der Waals surface area contributed by atoms with Crippen molar-refractivity contribution in [3.05, 3.63) is 59.7 Å². The van der Waals surface area contributed by atoms with Gasteiger partial charge >= 0.3 is 5.97 Å². The molecule has 2 aromatic rings. The molecule has 2 rings (SSSR count). The van der Waals surface area contributed by atoms with Gasteiger partial charge < -0.3 is 47.6 Å². The summed E-state index contributed by atoms with van der Waals surface area (Å²) >= 11 is 0. The number of aliphatic carboxylic acids is 1. The molecule has 0 spiro atoms. The molecule has 2 aromatic carbocycles. The Kier molecular flexibility index (Phi) is 12.8. The third-order valence-corrected chi connectivity index (χ3v) is 6.52. The molecule has 0 saturated carbocycles. The Labute approximate surface area is 259 Å². The maximum absolute atomic E-state index is 13.0. The van der Waals surface area contributed by atoms with Crippen molar-refractivity contribution in [3.63, 3.8) is 0 Å². The van der Waals surface area contributed by atoms with Crippen LogP contribution in [0.5, 0.6) is 11.5 Å². The average Bonchev–Trinajstić information content (AvgIpc) is 2.96. The lowest BCUT2D eigenvalue weighted by Crippen LogP contribution is -2.58. The van der Waals surface area contributed by atoms with Gasteiger partial charge in [0.1, 0.15) is 35.7 Å². The minimum atomic E-state index is -1.30. The summed E-state index contributed by atoms with van der Waals surface area (Å²) in [4.78, 5) is 74.7. The molecular formula is C30H40N6O9. The predicted octanol–water partition coefficient (Wildman–Crippen LogP) is -1.20. The topological polar surface area (TPSA) is 249 Å². The van der Waals surface area contributed by atoms with Crippen LogP contribution in [0, 0.1) is 0 Å². The van der Waals surface area contributed by atoms with Gasteiger partial charge in [-0.05, 0) is 63.1 Å². The number of carboxylic acids is 1. The van der Waals surface area contributed by atoms with Crippen molar-refractivity contribution in [1.29, 1.82) is 0 Å². The molecule has 4 unspecified atom stereocenters. The quantitative estimate of drug-likeness (QED) is 0.114. The Morgan fingerprint density at radius 2 is 1.16 bits per heavy atom. The van der Waals surface area contributed by atoms with Crippen LogP contribution >= 0.6 is 0 Å². The molecule has 15 nitrogen and oxygen atoms in total. The lowest BCUT2D eigenvalue weighted by atomic mass is 10.0. The first-order chi connectivity index (χ1) is 21.0. The number of amides is 5. The Morgan fingerprint density at radius 3 is 1.62 bits per heavy atom. The minimum absolute atomic E-state index is 0.00445. The van der Waals surface area contributed by atoms with E-state index in [0.717, 1.165) is 0 Å². The second kappa shape index (κ2) is 16.0. The van der Waals surface area contributed by atoms with E-state index in [2.05, 4.69) is 26.6 Å². The highest BCUT2D eigenvalue weighted by atomic mass is 16.4. The van der Waals surface area contributed by atoms with E-state index in [1.807, 2.05) is 0 Å². The fourth-order valence-electron chi connectivity index (χ4n) is 3.84. The molecule has 45 heavy (non-hydrogen) atoms. The maximum atomic E-state index is 13.0. The van der Waals surface area contributed by atoms with Gasteiger partial charge in [0, 0.05) is 12.8 Å². The smallest absolute Gasteiger partial charge is 0.326 e. The van der Waals surface area contributed by atoms with Gasteiger partial charge in [-0.15, -0.1) is 0 Å². The standard InChI is InChI=1S/C30H40N6O9/c1-16(34-27(42)22(36-29(45)30(3,4)31)13-18-5-9-20(37)10-6-18)25(40)32-15-24(39)33-17(2)26(41)35-23(28(43)44)14-19-7-11-21(38)12-8-19/h5-12,16-17,22-23,37-38H,13-15,31H2,1-4H3,(H,32,40)(H,33,39)(H,34,42)(H,35,41)(H,36,45)(H,43,44). The Hall–Kier alpha value is -5.18. The van der Waals surface area contributed by atoms with E-state index >= 15 is 0 Å². The monoisotopic (exact) mass is 628 g/mol. The summed E-state index contributed by atoms with van der Waals surface area (Å²) in [6.45, 7) is 5.08. The van der Waals surface area contributed by atoms with Crippen LogP contribution in [-0.4, -0.2) is 87.1 Å². The zero-order valence-corrected chi connectivity index (χ0v) is 25.4. The van der Waals surface area contributed by atoms with Crippen LogP contribution in [0.15, 0.2) is 48.5 Å². The summed E-state index contributed by atoms with van der Waals surface area (Å²) in [5.41, 5.74) is 5.72. The second-order valence-corrected chi connectivity index (χ2v) is 11.1. The number of carboxylic acid groups (broad SMARTS) is 1. The van der Waals surface area contributed by atoms with Crippen LogP contribution < -0.4 is 32.3 Å². The van der Waals surface area contributed by atoms with Gasteiger partial charge in [0.25, 0.3) is 0 Å². The number of hydrogen-bond donors (Lipinski definition) is 9. The van der Waals surface area contributed by atoms with Gasteiger partial charge in [0.15, 0.2) is 0 Å². The molecule has 0 saturated heterocycles. The molecule has 0 radical (unpaired) electrons. The van der Waals surface area contributed by atoms with Crippen molar-refractivity contribution in [2.24, 2.45) is 5.73 Å². The van der Waals surface area contributed by atoms with Crippen LogP contribution in [0.4, 0.5) is 0 Å². The van der Waals surface area contributed by atoms with Gasteiger partial charge in [-0.3, -0.25) is 24.0 Å². The highest BCUT2D eigenvalue weighted by molar-refractivity contribution is 5.95. The summed E-state index contributed by atoms with van der Waals surface area (Å²) < 4.78 is 0. The third-order valence-electron chi connectivity index (χ3n) is 6.52. The van der Waals surface area contributed by atoms with Crippen LogP contribution in [0.25, 0.3) is 0 Å². The molecule has 0 aliphatic carbocycles. The molecule has 0 heterocycles. The van der Waals surface area contributed by atoms with Gasteiger partial charge in [-0.1, -0.05) is 24.3 Å². The number of aromatic hydroxyl groups is 2. The van der Waals surface area contributed by atoms with Crippen LogP contribution in [-0.2, 0) is 41.6 Å². The summed E-state index contributed by atoms with van der Waals surface area (Å²) in [5, 5.41) is 40.5. The van der Waals surface area contributed by atoms with Gasteiger partial charge in [-0.2, -0.15) is 0 Å². The van der Waals surface area contributed by atoms with E-state index in [1.165, 1.54) is 64.1 Å². The zero-order chi connectivity index (χ0) is 33.9. The summed E-state index contributed by atoms with van der Waals surface area (Å²) in [5.74, 6) is -4.83. The Balaban J connectivity index is 1.90. The molecule has 0 aromatic heterocycles. The molecular weight excluding hydrogens is 588 g/mol. The number of hydrogen-bond acceptors (Lipinski definition) is 9. The molecule has 0 aliphatic rings. The number of phenolic OH excluding ortho intramolecular Hbond substituents is 2. The largest absolute Gasteiger partial charge is 0.508 e. The van der Waals surface area contributed by atoms with Crippen LogP contribution in [0.3, 0.4) is 0 Å². The highest BCUT2D eigenvalue weighted by Crippen LogP contribution is 2.13. The normalized spacial score (nSPS) is 13.7. The van der Waals surface area contributed by atoms with E-state index in [9.17, 15) is 44.1 Å². The number of nitrogens with two attached hydrogens (primary N) is 1. The lowest BCUT2D eigenvalue weighted by molar-refractivity contribution is -0.142. The number of benzene rings is 2. The Bertz CT molecular complexity index is 1370. The van der Waals surface area contributed by atoms with Crippen molar-refractivity contribution >= 4 is 35.5 Å². The molecule has 0 bridgehead atoms. The zero-order valence-electron chi connectivity index (χ0n) is 25.4. The summed E-state index contributed by atoms with van der Waals surface area (Å²) in [7, 11) is 0. The molecule has 5 amide bonds. The molecule has 4 atom stereocenters. The van der Waals surface area contributed by atoms with Gasteiger partial charge in [0.2, 0.25) is 29.5 Å². The fraction of sp³-hybridized carbons (Fsp3) is 0.400. The first kappa shape index (κ1) is 36.0. The molecule has 10 N–H and O–H groups in total. The number of carbonyl (C=O) groups is 6. The lowest BCUT2D eigenvalue weighted by Gasteiger charge is -2.25. The van der Waals surface area contributed by atoms with Crippen LogP contribution in [0.1, 0.15) is 38.8 Å². The molecule has 244 valence electrons. The SMILES string of the molecule is CC(NC(=O)CNC(=O)C(C)NC(=O)C(Cc1ccc(O)cc1)NC(=O)C(C)(C)N)C(=O)NC(Cc1ccc(O)cc1)C(=O)O. The average molecular weight is 629 g/mol. The highest BCUT2D eigenvalue weighted by Gasteiger charge is 2.30. The molecule has 0 aliphatic heterocycles. The first-order valence-electron chi connectivity index (χ1n) is 14.0. The number of phenols is 2. The number of rotatable bonds is 15. The second-order valence-electron chi connectivity index (χ2n) is 11.1. The number of nitrogens with one attached hydrogen (secondary N) is 5. The molecule has 15 heteroatoms. The number of carbonyl (C=O) groups excluding carboxylic acids is 5. The van der Waals surface area contributed by atoms with Gasteiger partial charge in [0.05, 0.1) is 12.1 Å². The van der Waals surface area contributed by atoms with Crippen molar-refractivity contribution in [2.45, 2.75) is 70.2 Å². The van der Waals surface area contributed by atoms with Crippen molar-refractivity contribution in [3.8, 4) is 11.5 Å². The van der Waals surface area contributed by atoms with E-state index in [4.69, 9.17) is 5.73 Å². The Morgan fingerprint density at radius 1 is 0.689 bits per heavy atom. The summed E-state index contributed by atoms with van der Waals surface area (Å²) in [6.07, 6.45) is -0.0343. The van der Waals surface area contributed by atoms with Crippen molar-refractivity contribution < 1.29 is 44.1 Å². The van der Waals surface area contributed by atoms with E-state index in [0.29, 0.717) is 11.1 Å². The third kappa shape index (κ3) is 12.1. The van der Waals surface area contributed by atoms with E-state index in [1.54, 1.807) is 12.1 Å². The van der Waals surface area contributed by atoms with E-state index < -0.39 is 71.8 Å². The fourth-order valence-corrected chi connectivity index (χ4v) is 3.84. The summed E-state index contributed by atoms with van der Waals surface area (Å²) in [6, 6.07) is 7.09. The predicted molar refractivity (Wildman–Crippen MR) is 162 cm³/mol. The van der Waals surface area contributed by atoms with Crippen LogP contribution in [0.2, 0.25) is 0 Å². The van der Waals surface area contributed by atoms with Gasteiger partial charge in [-0.25, -0.2) is 4.79 Å². The maximum Gasteiger partial charge on any atom is 0.326 e. The minimum Gasteiger partial charge on any atom is -0.508 e. The van der Waals surface area contributed by atoms with E-state index in [-0.39, 0.29) is 24.3 Å².